The SMILES string of the molecule is O=C(O)[C@@H]1CCCN1C(=O)CCNS(=O)(=O)c1cccnc1. The molecule has 0 aromatic carbocycles. The average molecular weight is 327 g/mol. The predicted octanol–water partition coefficient (Wildman–Crippen LogP) is -0.174. The lowest BCUT2D eigenvalue weighted by molar-refractivity contribution is -0.148. The van der Waals surface area contributed by atoms with Crippen molar-refractivity contribution >= 4 is 21.9 Å². The van der Waals surface area contributed by atoms with Crippen LogP contribution >= 0.6 is 0 Å². The summed E-state index contributed by atoms with van der Waals surface area (Å²) in [6, 6.07) is 2.10. The van der Waals surface area contributed by atoms with Crippen LogP contribution in [0.25, 0.3) is 0 Å². The third-order valence-corrected chi connectivity index (χ3v) is 4.88. The van der Waals surface area contributed by atoms with Gasteiger partial charge in [0.1, 0.15) is 10.9 Å². The van der Waals surface area contributed by atoms with Crippen LogP contribution in [-0.4, -0.2) is 54.4 Å². The van der Waals surface area contributed by atoms with Crippen LogP contribution in [0.4, 0.5) is 0 Å². The van der Waals surface area contributed by atoms with Crippen molar-refractivity contribution in [2.75, 3.05) is 13.1 Å². The fraction of sp³-hybridized carbons (Fsp3) is 0.462. The number of amides is 1. The number of carbonyl (C=O) groups is 2. The van der Waals surface area contributed by atoms with E-state index in [4.69, 9.17) is 5.11 Å². The molecule has 1 aliphatic rings. The molecule has 1 fully saturated rings. The zero-order valence-corrected chi connectivity index (χ0v) is 12.6. The van der Waals surface area contributed by atoms with E-state index in [0.717, 1.165) is 0 Å². The maximum absolute atomic E-state index is 12.0. The van der Waals surface area contributed by atoms with Crippen LogP contribution in [-0.2, 0) is 19.6 Å². The van der Waals surface area contributed by atoms with Crippen LogP contribution in [0.2, 0.25) is 0 Å². The monoisotopic (exact) mass is 327 g/mol. The van der Waals surface area contributed by atoms with Crippen molar-refractivity contribution in [1.29, 1.82) is 0 Å². The van der Waals surface area contributed by atoms with Gasteiger partial charge in [0.25, 0.3) is 0 Å². The minimum absolute atomic E-state index is 0.0204. The van der Waals surface area contributed by atoms with Gasteiger partial charge in [-0.05, 0) is 25.0 Å². The quantitative estimate of drug-likeness (QED) is 0.749. The molecule has 1 atom stereocenters. The smallest absolute Gasteiger partial charge is 0.326 e. The van der Waals surface area contributed by atoms with E-state index in [1.165, 1.54) is 29.4 Å². The molecular formula is C13H17N3O5S. The predicted molar refractivity (Wildman–Crippen MR) is 76.4 cm³/mol. The highest BCUT2D eigenvalue weighted by atomic mass is 32.2. The minimum atomic E-state index is -3.71. The highest BCUT2D eigenvalue weighted by Crippen LogP contribution is 2.18. The van der Waals surface area contributed by atoms with Gasteiger partial charge in [0.15, 0.2) is 0 Å². The van der Waals surface area contributed by atoms with Gasteiger partial charge in [-0.25, -0.2) is 17.9 Å². The first kappa shape index (κ1) is 16.4. The summed E-state index contributed by atoms with van der Waals surface area (Å²) in [6.07, 6.45) is 3.67. The number of aliphatic carboxylic acids is 1. The Balaban J connectivity index is 1.88. The Labute approximate surface area is 128 Å². The van der Waals surface area contributed by atoms with E-state index in [2.05, 4.69) is 9.71 Å². The third-order valence-electron chi connectivity index (χ3n) is 3.43. The van der Waals surface area contributed by atoms with Gasteiger partial charge in [0.2, 0.25) is 15.9 Å². The summed E-state index contributed by atoms with van der Waals surface area (Å²) in [4.78, 5) is 28.1. The topological polar surface area (TPSA) is 117 Å². The Morgan fingerprint density at radius 3 is 2.86 bits per heavy atom. The molecule has 0 bridgehead atoms. The number of pyridine rings is 1. The molecule has 0 radical (unpaired) electrons. The molecule has 9 heteroatoms. The van der Waals surface area contributed by atoms with Crippen LogP contribution in [0.15, 0.2) is 29.4 Å². The molecule has 2 heterocycles. The third kappa shape index (κ3) is 3.80. The van der Waals surface area contributed by atoms with Crippen molar-refractivity contribution in [2.24, 2.45) is 0 Å². The summed E-state index contributed by atoms with van der Waals surface area (Å²) in [5.74, 6) is -1.39. The summed E-state index contributed by atoms with van der Waals surface area (Å²) in [7, 11) is -3.71. The minimum Gasteiger partial charge on any atom is -0.480 e. The number of aromatic nitrogens is 1. The van der Waals surface area contributed by atoms with Gasteiger partial charge in [-0.2, -0.15) is 0 Å². The Bertz CT molecular complexity index is 647. The van der Waals surface area contributed by atoms with E-state index in [-0.39, 0.29) is 23.8 Å². The van der Waals surface area contributed by atoms with Crippen LogP contribution in [0.3, 0.4) is 0 Å². The first-order valence-electron chi connectivity index (χ1n) is 6.84. The van der Waals surface area contributed by atoms with E-state index < -0.39 is 22.0 Å². The number of nitrogens with zero attached hydrogens (tertiary/aromatic N) is 2. The summed E-state index contributed by atoms with van der Waals surface area (Å²) < 4.78 is 26.2. The molecule has 0 saturated carbocycles. The maximum atomic E-state index is 12.0. The normalized spacial score (nSPS) is 18.4. The summed E-state index contributed by atoms with van der Waals surface area (Å²) in [5.41, 5.74) is 0. The molecule has 0 aliphatic carbocycles. The molecule has 0 unspecified atom stereocenters. The Hall–Kier alpha value is -2.00. The second kappa shape index (κ2) is 6.84. The number of rotatable bonds is 6. The highest BCUT2D eigenvalue weighted by Gasteiger charge is 2.33. The van der Waals surface area contributed by atoms with E-state index in [0.29, 0.717) is 19.4 Å². The molecule has 22 heavy (non-hydrogen) atoms. The fourth-order valence-corrected chi connectivity index (χ4v) is 3.34. The van der Waals surface area contributed by atoms with Crippen molar-refractivity contribution in [3.8, 4) is 0 Å². The van der Waals surface area contributed by atoms with Crippen molar-refractivity contribution in [3.05, 3.63) is 24.5 Å². The number of hydrogen-bond donors (Lipinski definition) is 2. The summed E-state index contributed by atoms with van der Waals surface area (Å²) >= 11 is 0. The van der Waals surface area contributed by atoms with Gasteiger partial charge in [-0.3, -0.25) is 9.78 Å². The molecule has 1 saturated heterocycles. The molecule has 1 aliphatic heterocycles. The van der Waals surface area contributed by atoms with Gasteiger partial charge >= 0.3 is 5.97 Å². The van der Waals surface area contributed by atoms with Gasteiger partial charge in [-0.1, -0.05) is 0 Å². The second-order valence-corrected chi connectivity index (χ2v) is 6.69. The Morgan fingerprint density at radius 1 is 1.45 bits per heavy atom. The maximum Gasteiger partial charge on any atom is 0.326 e. The number of carbonyl (C=O) groups excluding carboxylic acids is 1. The Morgan fingerprint density at radius 2 is 2.23 bits per heavy atom. The van der Waals surface area contributed by atoms with Crippen molar-refractivity contribution < 1.29 is 23.1 Å². The molecule has 2 N–H and O–H groups in total. The number of carboxylic acid groups (broad SMARTS) is 1. The number of likely N-dealkylation sites (tertiary alicyclic amines) is 1. The number of hydrogen-bond acceptors (Lipinski definition) is 5. The van der Waals surface area contributed by atoms with E-state index in [1.807, 2.05) is 0 Å². The number of nitrogens with one attached hydrogen (secondary N) is 1. The number of sulfonamides is 1. The molecule has 8 nitrogen and oxygen atoms in total. The molecule has 2 rings (SSSR count). The molecule has 0 spiro atoms. The zero-order chi connectivity index (χ0) is 16.2. The lowest BCUT2D eigenvalue weighted by atomic mass is 10.2. The number of carboxylic acids is 1. The first-order chi connectivity index (χ1) is 10.4. The van der Waals surface area contributed by atoms with Gasteiger partial charge in [-0.15, -0.1) is 0 Å². The fourth-order valence-electron chi connectivity index (χ4n) is 2.35. The van der Waals surface area contributed by atoms with Crippen LogP contribution in [0.1, 0.15) is 19.3 Å². The molecule has 1 aromatic rings. The van der Waals surface area contributed by atoms with Gasteiger partial charge in [0, 0.05) is 31.9 Å². The van der Waals surface area contributed by atoms with E-state index >= 15 is 0 Å². The van der Waals surface area contributed by atoms with E-state index in [9.17, 15) is 18.0 Å². The lowest BCUT2D eigenvalue weighted by Crippen LogP contribution is -2.41. The first-order valence-corrected chi connectivity index (χ1v) is 8.32. The zero-order valence-electron chi connectivity index (χ0n) is 11.8. The van der Waals surface area contributed by atoms with Gasteiger partial charge < -0.3 is 10.0 Å². The van der Waals surface area contributed by atoms with Crippen molar-refractivity contribution in [2.45, 2.75) is 30.2 Å². The van der Waals surface area contributed by atoms with E-state index in [1.54, 1.807) is 0 Å². The van der Waals surface area contributed by atoms with Crippen LogP contribution in [0.5, 0.6) is 0 Å². The van der Waals surface area contributed by atoms with Crippen LogP contribution in [0, 0.1) is 0 Å². The van der Waals surface area contributed by atoms with Crippen molar-refractivity contribution in [3.63, 3.8) is 0 Å². The average Bonchev–Trinajstić information content (AvgIpc) is 2.97. The molecule has 1 aromatic heterocycles. The lowest BCUT2D eigenvalue weighted by Gasteiger charge is -2.21. The van der Waals surface area contributed by atoms with Gasteiger partial charge in [0.05, 0.1) is 0 Å². The second-order valence-electron chi connectivity index (χ2n) is 4.92. The largest absolute Gasteiger partial charge is 0.480 e. The molecule has 1 amide bonds. The Kier molecular flexibility index (Phi) is 5.09. The standard InChI is InChI=1S/C13H17N3O5S/c17-12(16-8-2-4-11(16)13(18)19)5-7-15-22(20,21)10-3-1-6-14-9-10/h1,3,6,9,11,15H,2,4-5,7-8H2,(H,18,19)/t11-/m0/s1. The summed E-state index contributed by atoms with van der Waals surface area (Å²) in [5, 5.41) is 9.02. The highest BCUT2D eigenvalue weighted by molar-refractivity contribution is 7.89. The van der Waals surface area contributed by atoms with Crippen molar-refractivity contribution in [1.82, 2.24) is 14.6 Å². The summed E-state index contributed by atoms with van der Waals surface area (Å²) in [6.45, 7) is 0.310. The molecule has 120 valence electrons. The molecular weight excluding hydrogens is 310 g/mol. The van der Waals surface area contributed by atoms with Crippen LogP contribution < -0.4 is 4.72 Å².